The number of likely N-dealkylation sites (N-methyl/N-ethyl adjacent to an activating group) is 1. The topological polar surface area (TPSA) is 33.5 Å². The van der Waals surface area contributed by atoms with E-state index in [1.807, 2.05) is 20.8 Å². The standard InChI is InChI=1S/C18H24N2OS/c1-12-8-13(2)17(14(3)9-12)19-18(21)15(4)20(5)10-16-6-7-22-11-16/h6-9,11,15H,10H2,1-5H3,(H,19,21)/p+1/t15-/m0/s1. The van der Waals surface area contributed by atoms with Gasteiger partial charge in [0.1, 0.15) is 6.54 Å². The molecule has 0 spiro atoms. The normalized spacial score (nSPS) is 13.7. The average molecular weight is 317 g/mol. The van der Waals surface area contributed by atoms with Crippen molar-refractivity contribution < 1.29 is 9.69 Å². The number of amides is 1. The van der Waals surface area contributed by atoms with Crippen molar-refractivity contribution in [3.8, 4) is 0 Å². The van der Waals surface area contributed by atoms with Gasteiger partial charge >= 0.3 is 0 Å². The maximum Gasteiger partial charge on any atom is 0.282 e. The highest BCUT2D eigenvalue weighted by Gasteiger charge is 2.23. The maximum atomic E-state index is 12.5. The number of hydrogen-bond acceptors (Lipinski definition) is 2. The fourth-order valence-electron chi connectivity index (χ4n) is 2.70. The van der Waals surface area contributed by atoms with Gasteiger partial charge in [0.05, 0.1) is 7.05 Å². The van der Waals surface area contributed by atoms with E-state index in [9.17, 15) is 4.79 Å². The molecule has 4 heteroatoms. The molecule has 0 radical (unpaired) electrons. The van der Waals surface area contributed by atoms with Gasteiger partial charge in [-0.2, -0.15) is 11.3 Å². The lowest BCUT2D eigenvalue weighted by molar-refractivity contribution is -0.907. The largest absolute Gasteiger partial charge is 0.324 e. The van der Waals surface area contributed by atoms with Crippen LogP contribution < -0.4 is 10.2 Å². The Kier molecular flexibility index (Phi) is 5.37. The van der Waals surface area contributed by atoms with Crippen molar-refractivity contribution >= 4 is 22.9 Å². The Bertz CT molecular complexity index is 626. The molecule has 0 aliphatic carbocycles. The van der Waals surface area contributed by atoms with Crippen LogP contribution in [0.1, 0.15) is 29.2 Å². The number of benzene rings is 1. The minimum Gasteiger partial charge on any atom is -0.324 e. The van der Waals surface area contributed by atoms with Gasteiger partial charge in [-0.05, 0) is 55.6 Å². The Hall–Kier alpha value is -1.65. The van der Waals surface area contributed by atoms with Gasteiger partial charge < -0.3 is 10.2 Å². The summed E-state index contributed by atoms with van der Waals surface area (Å²) in [5.41, 5.74) is 5.69. The Labute approximate surface area is 137 Å². The van der Waals surface area contributed by atoms with Crippen molar-refractivity contribution in [1.29, 1.82) is 0 Å². The van der Waals surface area contributed by atoms with Crippen LogP contribution in [-0.2, 0) is 11.3 Å². The molecule has 1 amide bonds. The predicted octanol–water partition coefficient (Wildman–Crippen LogP) is 2.72. The van der Waals surface area contributed by atoms with E-state index in [0.717, 1.165) is 23.4 Å². The molecule has 2 N–H and O–H groups in total. The van der Waals surface area contributed by atoms with E-state index < -0.39 is 0 Å². The minimum atomic E-state index is -0.0972. The number of carbonyl (C=O) groups excluding carboxylic acids is 1. The monoisotopic (exact) mass is 317 g/mol. The van der Waals surface area contributed by atoms with Crippen molar-refractivity contribution in [3.05, 3.63) is 51.2 Å². The lowest BCUT2D eigenvalue weighted by atomic mass is 10.0. The summed E-state index contributed by atoms with van der Waals surface area (Å²) in [4.78, 5) is 13.7. The molecule has 2 aromatic rings. The molecule has 118 valence electrons. The molecule has 22 heavy (non-hydrogen) atoms. The van der Waals surface area contributed by atoms with E-state index in [4.69, 9.17) is 0 Å². The fourth-order valence-corrected chi connectivity index (χ4v) is 3.37. The van der Waals surface area contributed by atoms with Gasteiger partial charge in [-0.3, -0.25) is 4.79 Å². The molecule has 0 aliphatic rings. The van der Waals surface area contributed by atoms with Gasteiger partial charge in [-0.1, -0.05) is 17.7 Å². The van der Waals surface area contributed by atoms with Crippen molar-refractivity contribution in [2.24, 2.45) is 0 Å². The Balaban J connectivity index is 2.05. The average Bonchev–Trinajstić information content (AvgIpc) is 2.94. The third kappa shape index (κ3) is 3.96. The van der Waals surface area contributed by atoms with E-state index in [-0.39, 0.29) is 11.9 Å². The molecule has 0 fully saturated rings. The summed E-state index contributed by atoms with van der Waals surface area (Å²) in [5.74, 6) is 0.0720. The first-order valence-electron chi connectivity index (χ1n) is 7.60. The Morgan fingerprint density at radius 2 is 1.91 bits per heavy atom. The molecule has 0 saturated carbocycles. The summed E-state index contributed by atoms with van der Waals surface area (Å²) in [6.45, 7) is 9.01. The zero-order valence-electron chi connectivity index (χ0n) is 14.0. The highest BCUT2D eigenvalue weighted by Crippen LogP contribution is 2.21. The van der Waals surface area contributed by atoms with E-state index in [1.54, 1.807) is 11.3 Å². The molecular weight excluding hydrogens is 292 g/mol. The minimum absolute atomic E-state index is 0.0720. The third-order valence-electron chi connectivity index (χ3n) is 4.12. The van der Waals surface area contributed by atoms with Crippen molar-refractivity contribution in [2.45, 2.75) is 40.3 Å². The highest BCUT2D eigenvalue weighted by molar-refractivity contribution is 7.07. The lowest BCUT2D eigenvalue weighted by Gasteiger charge is -2.22. The van der Waals surface area contributed by atoms with Crippen LogP contribution in [0.5, 0.6) is 0 Å². The summed E-state index contributed by atoms with van der Waals surface area (Å²) in [6, 6.07) is 6.23. The first kappa shape index (κ1) is 16.7. The maximum absolute atomic E-state index is 12.5. The molecule has 1 aromatic heterocycles. The van der Waals surface area contributed by atoms with Gasteiger partial charge in [0.25, 0.3) is 5.91 Å². The number of anilines is 1. The molecule has 0 aliphatic heterocycles. The van der Waals surface area contributed by atoms with Crippen molar-refractivity contribution in [1.82, 2.24) is 0 Å². The van der Waals surface area contributed by atoms with Crippen LogP contribution in [0.25, 0.3) is 0 Å². The van der Waals surface area contributed by atoms with Crippen LogP contribution >= 0.6 is 11.3 Å². The first-order valence-corrected chi connectivity index (χ1v) is 8.55. The van der Waals surface area contributed by atoms with Crippen LogP contribution in [0.2, 0.25) is 0 Å². The summed E-state index contributed by atoms with van der Waals surface area (Å²) in [5, 5.41) is 7.33. The van der Waals surface area contributed by atoms with Gasteiger partial charge in [0.2, 0.25) is 0 Å². The quantitative estimate of drug-likeness (QED) is 0.873. The van der Waals surface area contributed by atoms with Gasteiger partial charge in [-0.15, -0.1) is 0 Å². The zero-order valence-corrected chi connectivity index (χ0v) is 14.8. The van der Waals surface area contributed by atoms with E-state index in [2.05, 4.69) is 48.2 Å². The molecular formula is C18H25N2OS+. The van der Waals surface area contributed by atoms with E-state index in [0.29, 0.717) is 0 Å². The van der Waals surface area contributed by atoms with E-state index >= 15 is 0 Å². The fraction of sp³-hybridized carbons (Fsp3) is 0.389. The van der Waals surface area contributed by atoms with E-state index in [1.165, 1.54) is 16.0 Å². The van der Waals surface area contributed by atoms with Gasteiger partial charge in [0, 0.05) is 11.3 Å². The second-order valence-electron chi connectivity index (χ2n) is 6.14. The number of carbonyl (C=O) groups is 1. The summed E-state index contributed by atoms with van der Waals surface area (Å²) >= 11 is 1.70. The van der Waals surface area contributed by atoms with Crippen molar-refractivity contribution in [3.63, 3.8) is 0 Å². The van der Waals surface area contributed by atoms with Crippen molar-refractivity contribution in [2.75, 3.05) is 12.4 Å². The molecule has 1 unspecified atom stereocenters. The lowest BCUT2D eigenvalue weighted by Crippen LogP contribution is -3.12. The zero-order chi connectivity index (χ0) is 16.3. The van der Waals surface area contributed by atoms with Gasteiger partial charge in [0.15, 0.2) is 6.04 Å². The SMILES string of the molecule is Cc1cc(C)c(NC(=O)[C@H](C)[NH+](C)Cc2ccsc2)c(C)c1. The number of nitrogens with one attached hydrogen (secondary N) is 2. The number of hydrogen-bond donors (Lipinski definition) is 2. The molecule has 1 aromatic carbocycles. The molecule has 2 atom stereocenters. The second-order valence-corrected chi connectivity index (χ2v) is 6.92. The number of thiophene rings is 1. The second kappa shape index (κ2) is 7.07. The highest BCUT2D eigenvalue weighted by atomic mass is 32.1. The number of quaternary nitrogens is 1. The Morgan fingerprint density at radius 1 is 1.27 bits per heavy atom. The summed E-state index contributed by atoms with van der Waals surface area (Å²) in [7, 11) is 2.07. The molecule has 1 heterocycles. The summed E-state index contributed by atoms with van der Waals surface area (Å²) < 4.78 is 0. The first-order chi connectivity index (χ1) is 10.4. The Morgan fingerprint density at radius 3 is 2.45 bits per heavy atom. The summed E-state index contributed by atoms with van der Waals surface area (Å²) in [6.07, 6.45) is 0. The number of aryl methyl sites for hydroxylation is 3. The molecule has 0 saturated heterocycles. The van der Waals surface area contributed by atoms with Crippen LogP contribution in [0, 0.1) is 20.8 Å². The van der Waals surface area contributed by atoms with Crippen LogP contribution in [0.15, 0.2) is 29.0 Å². The smallest absolute Gasteiger partial charge is 0.282 e. The third-order valence-corrected chi connectivity index (χ3v) is 4.85. The predicted molar refractivity (Wildman–Crippen MR) is 93.7 cm³/mol. The molecule has 0 bridgehead atoms. The molecule has 3 nitrogen and oxygen atoms in total. The van der Waals surface area contributed by atoms with Crippen LogP contribution in [0.4, 0.5) is 5.69 Å². The van der Waals surface area contributed by atoms with Gasteiger partial charge in [-0.25, -0.2) is 0 Å². The van der Waals surface area contributed by atoms with Crippen LogP contribution in [0.3, 0.4) is 0 Å². The van der Waals surface area contributed by atoms with Crippen LogP contribution in [-0.4, -0.2) is 19.0 Å². The number of rotatable bonds is 5. The molecule has 2 rings (SSSR count).